The maximum Gasteiger partial charge on any atom is 0.138 e. The monoisotopic (exact) mass is 237 g/mol. The quantitative estimate of drug-likeness (QED) is 0.817. The Morgan fingerprint density at radius 2 is 2.00 bits per heavy atom. The Morgan fingerprint density at radius 3 is 2.59 bits per heavy atom. The largest absolute Gasteiger partial charge is 0.489 e. The Morgan fingerprint density at radius 1 is 1.29 bits per heavy atom. The molecule has 0 aliphatic heterocycles. The Bertz CT molecular complexity index is 377. The van der Waals surface area contributed by atoms with Gasteiger partial charge in [-0.2, -0.15) is 0 Å². The zero-order chi connectivity index (χ0) is 12.4. The van der Waals surface area contributed by atoms with Gasteiger partial charge in [0.05, 0.1) is 18.4 Å². The second-order valence-electron chi connectivity index (χ2n) is 4.89. The number of nitrogens with zero attached hydrogens (tertiary/aromatic N) is 1. The van der Waals surface area contributed by atoms with Crippen LogP contribution in [-0.2, 0) is 0 Å². The standard InChI is InChI=1S/C13H19NO3/c1-8(2)17-11-5-10(6-14-7-11)13(16)12(15)9-3-4-9/h5-9,12-13,15-16H,3-4H2,1-2H3. The van der Waals surface area contributed by atoms with Crippen molar-refractivity contribution in [3.8, 4) is 5.75 Å². The van der Waals surface area contributed by atoms with Crippen LogP contribution in [0.5, 0.6) is 5.75 Å². The predicted molar refractivity (Wildman–Crippen MR) is 63.7 cm³/mol. The lowest BCUT2D eigenvalue weighted by molar-refractivity contribution is 0.00450. The third kappa shape index (κ3) is 3.17. The molecule has 0 spiro atoms. The summed E-state index contributed by atoms with van der Waals surface area (Å²) in [4.78, 5) is 4.02. The number of rotatable bonds is 5. The molecule has 4 nitrogen and oxygen atoms in total. The van der Waals surface area contributed by atoms with Crippen molar-refractivity contribution in [3.63, 3.8) is 0 Å². The van der Waals surface area contributed by atoms with Crippen molar-refractivity contribution in [2.75, 3.05) is 0 Å². The van der Waals surface area contributed by atoms with E-state index < -0.39 is 12.2 Å². The van der Waals surface area contributed by atoms with Gasteiger partial charge in [-0.05, 0) is 38.7 Å². The fourth-order valence-corrected chi connectivity index (χ4v) is 1.83. The lowest BCUT2D eigenvalue weighted by atomic mass is 10.0. The van der Waals surface area contributed by atoms with E-state index in [2.05, 4.69) is 4.98 Å². The van der Waals surface area contributed by atoms with E-state index in [9.17, 15) is 10.2 Å². The fourth-order valence-electron chi connectivity index (χ4n) is 1.83. The van der Waals surface area contributed by atoms with Gasteiger partial charge in [-0.1, -0.05) is 0 Å². The van der Waals surface area contributed by atoms with Crippen molar-refractivity contribution in [2.24, 2.45) is 5.92 Å². The van der Waals surface area contributed by atoms with E-state index in [-0.39, 0.29) is 12.0 Å². The first-order chi connectivity index (χ1) is 8.08. The minimum absolute atomic E-state index is 0.0672. The van der Waals surface area contributed by atoms with E-state index in [4.69, 9.17) is 4.74 Å². The summed E-state index contributed by atoms with van der Waals surface area (Å²) >= 11 is 0. The summed E-state index contributed by atoms with van der Waals surface area (Å²) < 4.78 is 5.51. The van der Waals surface area contributed by atoms with Crippen LogP contribution in [0.3, 0.4) is 0 Å². The molecule has 2 rings (SSSR count). The lowest BCUT2D eigenvalue weighted by Gasteiger charge is -2.18. The highest BCUT2D eigenvalue weighted by molar-refractivity contribution is 5.26. The van der Waals surface area contributed by atoms with Crippen molar-refractivity contribution in [1.82, 2.24) is 4.98 Å². The van der Waals surface area contributed by atoms with E-state index in [1.165, 1.54) is 0 Å². The van der Waals surface area contributed by atoms with Crippen LogP contribution in [-0.4, -0.2) is 27.4 Å². The molecule has 1 aromatic rings. The first-order valence-corrected chi connectivity index (χ1v) is 6.05. The van der Waals surface area contributed by atoms with Crippen LogP contribution in [0.2, 0.25) is 0 Å². The number of aromatic nitrogens is 1. The molecule has 1 aliphatic carbocycles. The van der Waals surface area contributed by atoms with Crippen LogP contribution < -0.4 is 4.74 Å². The van der Waals surface area contributed by atoms with Crippen LogP contribution in [0.4, 0.5) is 0 Å². The summed E-state index contributed by atoms with van der Waals surface area (Å²) in [5.74, 6) is 0.860. The van der Waals surface area contributed by atoms with Gasteiger partial charge in [0, 0.05) is 11.8 Å². The highest BCUT2D eigenvalue weighted by Gasteiger charge is 2.35. The molecule has 17 heavy (non-hydrogen) atoms. The van der Waals surface area contributed by atoms with Crippen molar-refractivity contribution < 1.29 is 14.9 Å². The minimum Gasteiger partial charge on any atom is -0.489 e. The van der Waals surface area contributed by atoms with Gasteiger partial charge in [0.1, 0.15) is 11.9 Å². The zero-order valence-electron chi connectivity index (χ0n) is 10.2. The molecule has 1 fully saturated rings. The second kappa shape index (κ2) is 5.02. The number of aliphatic hydroxyl groups is 2. The summed E-state index contributed by atoms with van der Waals surface area (Å²) in [6.45, 7) is 3.87. The summed E-state index contributed by atoms with van der Waals surface area (Å²) in [6, 6.07) is 1.74. The summed E-state index contributed by atoms with van der Waals surface area (Å²) in [5.41, 5.74) is 0.613. The summed E-state index contributed by atoms with van der Waals surface area (Å²) in [6.07, 6.45) is 3.68. The van der Waals surface area contributed by atoms with Gasteiger partial charge in [-0.25, -0.2) is 0 Å². The molecular formula is C13H19NO3. The molecule has 1 aromatic heterocycles. The molecule has 1 saturated carbocycles. The SMILES string of the molecule is CC(C)Oc1cncc(C(O)C(O)C2CC2)c1. The number of ether oxygens (including phenoxy) is 1. The Labute approximate surface area is 101 Å². The molecule has 1 aliphatic rings. The van der Waals surface area contributed by atoms with Crippen molar-refractivity contribution in [1.29, 1.82) is 0 Å². The Kier molecular flexibility index (Phi) is 3.64. The molecule has 2 N–H and O–H groups in total. The zero-order valence-corrected chi connectivity index (χ0v) is 10.2. The number of pyridine rings is 1. The number of hydrogen-bond acceptors (Lipinski definition) is 4. The molecule has 94 valence electrons. The van der Waals surface area contributed by atoms with E-state index in [1.54, 1.807) is 18.5 Å². The van der Waals surface area contributed by atoms with Crippen LogP contribution in [0.15, 0.2) is 18.5 Å². The fraction of sp³-hybridized carbons (Fsp3) is 0.615. The normalized spacial score (nSPS) is 19.1. The minimum atomic E-state index is -0.870. The molecule has 1 heterocycles. The van der Waals surface area contributed by atoms with Gasteiger partial charge < -0.3 is 14.9 Å². The number of aliphatic hydroxyl groups excluding tert-OH is 2. The topological polar surface area (TPSA) is 62.6 Å². The summed E-state index contributed by atoms with van der Waals surface area (Å²) in [5, 5.41) is 19.9. The lowest BCUT2D eigenvalue weighted by Crippen LogP contribution is -2.20. The van der Waals surface area contributed by atoms with Gasteiger partial charge in [0.25, 0.3) is 0 Å². The van der Waals surface area contributed by atoms with Crippen molar-refractivity contribution >= 4 is 0 Å². The van der Waals surface area contributed by atoms with Gasteiger partial charge in [-0.15, -0.1) is 0 Å². The smallest absolute Gasteiger partial charge is 0.138 e. The van der Waals surface area contributed by atoms with Crippen LogP contribution >= 0.6 is 0 Å². The highest BCUT2D eigenvalue weighted by atomic mass is 16.5. The van der Waals surface area contributed by atoms with Gasteiger partial charge >= 0.3 is 0 Å². The highest BCUT2D eigenvalue weighted by Crippen LogP contribution is 2.38. The van der Waals surface area contributed by atoms with Crippen LogP contribution in [0.25, 0.3) is 0 Å². The third-order valence-electron chi connectivity index (χ3n) is 2.88. The molecule has 2 atom stereocenters. The van der Waals surface area contributed by atoms with E-state index >= 15 is 0 Å². The molecule has 4 heteroatoms. The predicted octanol–water partition coefficient (Wildman–Crippen LogP) is 1.67. The van der Waals surface area contributed by atoms with Crippen LogP contribution in [0.1, 0.15) is 38.4 Å². The van der Waals surface area contributed by atoms with Crippen LogP contribution in [0, 0.1) is 5.92 Å². The maximum absolute atomic E-state index is 10.0. The Balaban J connectivity index is 2.08. The van der Waals surface area contributed by atoms with Gasteiger partial charge in [-0.3, -0.25) is 4.98 Å². The van der Waals surface area contributed by atoms with Crippen molar-refractivity contribution in [3.05, 3.63) is 24.0 Å². The second-order valence-corrected chi connectivity index (χ2v) is 4.89. The first kappa shape index (κ1) is 12.3. The van der Waals surface area contributed by atoms with E-state index in [1.807, 2.05) is 13.8 Å². The van der Waals surface area contributed by atoms with Gasteiger partial charge in [0.15, 0.2) is 0 Å². The summed E-state index contributed by atoms with van der Waals surface area (Å²) in [7, 11) is 0. The van der Waals surface area contributed by atoms with Crippen molar-refractivity contribution in [2.45, 2.75) is 45.0 Å². The van der Waals surface area contributed by atoms with Gasteiger partial charge in [0.2, 0.25) is 0 Å². The van der Waals surface area contributed by atoms with E-state index in [0.29, 0.717) is 11.3 Å². The average molecular weight is 237 g/mol. The maximum atomic E-state index is 10.0. The molecule has 0 amide bonds. The third-order valence-corrected chi connectivity index (χ3v) is 2.88. The molecule has 2 unspecified atom stereocenters. The molecule has 0 saturated heterocycles. The molecule has 0 radical (unpaired) electrons. The Hall–Kier alpha value is -1.13. The first-order valence-electron chi connectivity index (χ1n) is 6.05. The number of hydrogen-bond donors (Lipinski definition) is 2. The molecular weight excluding hydrogens is 218 g/mol. The average Bonchev–Trinajstić information content (AvgIpc) is 3.10. The van der Waals surface area contributed by atoms with E-state index in [0.717, 1.165) is 12.8 Å². The molecule has 0 aromatic carbocycles. The molecule has 0 bridgehead atoms.